The molecule has 0 saturated carbocycles. The first-order chi connectivity index (χ1) is 34.1. The predicted octanol–water partition coefficient (Wildman–Crippen LogP) is 21.3. The molecule has 1 N–H and O–H groups in total. The Morgan fingerprint density at radius 1 is 0.333 bits per heavy atom. The van der Waals surface area contributed by atoms with E-state index in [1.54, 1.807) is 0 Å². The summed E-state index contributed by atoms with van der Waals surface area (Å²) in [6.45, 7) is 4.17. The fourth-order valence-electron chi connectivity index (χ4n) is 9.77. The van der Waals surface area contributed by atoms with E-state index in [-0.39, 0.29) is 25.2 Å². The van der Waals surface area contributed by atoms with Gasteiger partial charge in [0.05, 0.1) is 6.61 Å². The summed E-state index contributed by atoms with van der Waals surface area (Å²) in [4.78, 5) is 24.5. The Morgan fingerprint density at radius 2 is 0.580 bits per heavy atom. The van der Waals surface area contributed by atoms with Crippen molar-refractivity contribution >= 4 is 11.9 Å². The summed E-state index contributed by atoms with van der Waals surface area (Å²) in [6.07, 6.45) is 77.7. The second-order valence-electron chi connectivity index (χ2n) is 21.5. The van der Waals surface area contributed by atoms with Gasteiger partial charge in [0.25, 0.3) is 0 Å². The Bertz CT molecular complexity index is 1050. The lowest BCUT2D eigenvalue weighted by molar-refractivity contribution is -0.161. The molecule has 0 saturated heterocycles. The minimum absolute atomic E-state index is 0.0637. The minimum Gasteiger partial charge on any atom is -0.462 e. The maximum Gasteiger partial charge on any atom is 0.306 e. The molecular weight excluding hydrogens is 849 g/mol. The summed E-state index contributed by atoms with van der Waals surface area (Å²) >= 11 is 0. The molecule has 0 heterocycles. The SMILES string of the molecule is CCCCCC/C=C\C/C=C\CCCCCCCCCC(=O)OC(CO)COC(=O)CCCCCCCCCCCCCCCCCCCCCCCCCCCCCCCCCCCCCCC. The zero-order valence-corrected chi connectivity index (χ0v) is 46.9. The number of unbranched alkanes of at least 4 members (excludes halogenated alkanes) is 47. The van der Waals surface area contributed by atoms with Gasteiger partial charge in [-0.15, -0.1) is 0 Å². The maximum absolute atomic E-state index is 12.3. The van der Waals surface area contributed by atoms with E-state index in [0.29, 0.717) is 12.8 Å². The van der Waals surface area contributed by atoms with Crippen LogP contribution in [0.4, 0.5) is 0 Å². The second kappa shape index (κ2) is 60.7. The molecule has 0 aromatic rings. The van der Waals surface area contributed by atoms with E-state index < -0.39 is 6.10 Å². The highest BCUT2D eigenvalue weighted by Gasteiger charge is 2.16. The number of ether oxygens (including phenoxy) is 2. The molecule has 0 aliphatic carbocycles. The number of allylic oxidation sites excluding steroid dienone is 4. The molecule has 5 heteroatoms. The van der Waals surface area contributed by atoms with Crippen molar-refractivity contribution in [1.82, 2.24) is 0 Å². The highest BCUT2D eigenvalue weighted by Crippen LogP contribution is 2.18. The first-order valence-electron chi connectivity index (χ1n) is 31.4. The molecule has 0 aliphatic rings. The van der Waals surface area contributed by atoms with Gasteiger partial charge in [-0.3, -0.25) is 9.59 Å². The van der Waals surface area contributed by atoms with Crippen molar-refractivity contribution in [2.75, 3.05) is 13.2 Å². The van der Waals surface area contributed by atoms with E-state index in [0.717, 1.165) is 44.9 Å². The molecule has 0 spiro atoms. The lowest BCUT2D eigenvalue weighted by Gasteiger charge is -2.15. The van der Waals surface area contributed by atoms with Crippen LogP contribution in [0.15, 0.2) is 24.3 Å². The molecular formula is C64H122O5. The number of hydrogen-bond donors (Lipinski definition) is 1. The van der Waals surface area contributed by atoms with E-state index in [2.05, 4.69) is 38.2 Å². The molecule has 5 nitrogen and oxygen atoms in total. The Labute approximate surface area is 432 Å². The number of carbonyl (C=O) groups is 2. The Balaban J connectivity index is 3.36. The van der Waals surface area contributed by atoms with Crippen molar-refractivity contribution in [3.05, 3.63) is 24.3 Å². The molecule has 0 rings (SSSR count). The van der Waals surface area contributed by atoms with Gasteiger partial charge in [-0.05, 0) is 44.9 Å². The molecule has 0 fully saturated rings. The van der Waals surface area contributed by atoms with Crippen LogP contribution < -0.4 is 0 Å². The van der Waals surface area contributed by atoms with Crippen LogP contribution >= 0.6 is 0 Å². The number of aliphatic hydroxyl groups excluding tert-OH is 1. The van der Waals surface area contributed by atoms with E-state index >= 15 is 0 Å². The van der Waals surface area contributed by atoms with Crippen LogP contribution in [-0.2, 0) is 19.1 Å². The van der Waals surface area contributed by atoms with E-state index in [1.165, 1.54) is 283 Å². The summed E-state index contributed by atoms with van der Waals surface area (Å²) in [5.74, 6) is -0.581. The van der Waals surface area contributed by atoms with E-state index in [9.17, 15) is 14.7 Å². The monoisotopic (exact) mass is 971 g/mol. The third-order valence-electron chi connectivity index (χ3n) is 14.5. The topological polar surface area (TPSA) is 72.8 Å². The van der Waals surface area contributed by atoms with Crippen molar-refractivity contribution in [1.29, 1.82) is 0 Å². The Morgan fingerprint density at radius 3 is 0.870 bits per heavy atom. The van der Waals surface area contributed by atoms with Crippen LogP contribution in [0.5, 0.6) is 0 Å². The summed E-state index contributed by atoms with van der Waals surface area (Å²) in [7, 11) is 0. The summed E-state index contributed by atoms with van der Waals surface area (Å²) < 4.78 is 10.7. The van der Waals surface area contributed by atoms with Crippen molar-refractivity contribution in [2.24, 2.45) is 0 Å². The number of carbonyl (C=O) groups excluding carboxylic acids is 2. The Kier molecular flexibility index (Phi) is 59.3. The highest BCUT2D eigenvalue weighted by molar-refractivity contribution is 5.70. The number of rotatable bonds is 59. The minimum atomic E-state index is -0.773. The van der Waals surface area contributed by atoms with E-state index in [1.807, 2.05) is 0 Å². The predicted molar refractivity (Wildman–Crippen MR) is 302 cm³/mol. The normalized spacial score (nSPS) is 12.2. The largest absolute Gasteiger partial charge is 0.462 e. The van der Waals surface area contributed by atoms with Crippen LogP contribution in [-0.4, -0.2) is 36.4 Å². The van der Waals surface area contributed by atoms with Gasteiger partial charge in [-0.2, -0.15) is 0 Å². The molecule has 0 aliphatic heterocycles. The van der Waals surface area contributed by atoms with Crippen LogP contribution in [0.1, 0.15) is 354 Å². The molecule has 0 radical (unpaired) electrons. The lowest BCUT2D eigenvalue weighted by atomic mass is 10.0. The average Bonchev–Trinajstić information content (AvgIpc) is 3.35. The summed E-state index contributed by atoms with van der Waals surface area (Å²) in [6, 6.07) is 0. The standard InChI is InChI=1S/C64H122O5/c1-3-5-7-9-11-13-15-17-19-21-23-24-25-26-27-28-29-30-31-32-33-34-35-36-37-38-39-40-41-43-44-46-48-50-52-54-56-58-63(66)68-61-62(60-65)69-64(67)59-57-55-53-51-49-47-45-42-22-20-18-16-14-12-10-8-6-4-2/h14,16,20,22,62,65H,3-13,15,17-19,21,23-61H2,1-2H3/b16-14-,22-20-. The van der Waals surface area contributed by atoms with Gasteiger partial charge >= 0.3 is 11.9 Å². The zero-order valence-electron chi connectivity index (χ0n) is 46.9. The van der Waals surface area contributed by atoms with Gasteiger partial charge in [0.1, 0.15) is 6.61 Å². The van der Waals surface area contributed by atoms with Gasteiger partial charge in [0.2, 0.25) is 0 Å². The molecule has 0 amide bonds. The van der Waals surface area contributed by atoms with Crippen LogP contribution in [0.3, 0.4) is 0 Å². The van der Waals surface area contributed by atoms with Gasteiger partial charge in [0, 0.05) is 12.8 Å². The number of hydrogen-bond acceptors (Lipinski definition) is 5. The lowest BCUT2D eigenvalue weighted by Crippen LogP contribution is -2.28. The van der Waals surface area contributed by atoms with Crippen molar-refractivity contribution < 1.29 is 24.2 Å². The maximum atomic E-state index is 12.3. The number of esters is 2. The quantitative estimate of drug-likeness (QED) is 0.0373. The Hall–Kier alpha value is -1.62. The molecule has 408 valence electrons. The molecule has 0 aromatic carbocycles. The van der Waals surface area contributed by atoms with Gasteiger partial charge in [0.15, 0.2) is 6.10 Å². The highest BCUT2D eigenvalue weighted by atomic mass is 16.6. The molecule has 0 aromatic heterocycles. The average molecular weight is 972 g/mol. The van der Waals surface area contributed by atoms with Crippen LogP contribution in [0.25, 0.3) is 0 Å². The summed E-state index contributed by atoms with van der Waals surface area (Å²) in [5.41, 5.74) is 0. The van der Waals surface area contributed by atoms with Crippen molar-refractivity contribution in [3.63, 3.8) is 0 Å². The van der Waals surface area contributed by atoms with Crippen molar-refractivity contribution in [2.45, 2.75) is 360 Å². The van der Waals surface area contributed by atoms with E-state index in [4.69, 9.17) is 9.47 Å². The van der Waals surface area contributed by atoms with Crippen molar-refractivity contribution in [3.8, 4) is 0 Å². The van der Waals surface area contributed by atoms with Gasteiger partial charge < -0.3 is 14.6 Å². The first-order valence-corrected chi connectivity index (χ1v) is 31.4. The fraction of sp³-hybridized carbons (Fsp3) is 0.906. The smallest absolute Gasteiger partial charge is 0.306 e. The zero-order chi connectivity index (χ0) is 49.9. The number of aliphatic hydroxyl groups is 1. The van der Waals surface area contributed by atoms with Gasteiger partial charge in [-0.25, -0.2) is 0 Å². The van der Waals surface area contributed by atoms with Crippen LogP contribution in [0, 0.1) is 0 Å². The molecule has 1 unspecified atom stereocenters. The van der Waals surface area contributed by atoms with Crippen LogP contribution in [0.2, 0.25) is 0 Å². The molecule has 69 heavy (non-hydrogen) atoms. The molecule has 0 bridgehead atoms. The second-order valence-corrected chi connectivity index (χ2v) is 21.5. The molecule has 1 atom stereocenters. The fourth-order valence-corrected chi connectivity index (χ4v) is 9.77. The van der Waals surface area contributed by atoms with Gasteiger partial charge in [-0.1, -0.05) is 321 Å². The third-order valence-corrected chi connectivity index (χ3v) is 14.5. The first kappa shape index (κ1) is 67.4. The summed E-state index contributed by atoms with van der Waals surface area (Å²) in [5, 5.41) is 9.65. The third kappa shape index (κ3) is 58.8.